The SMILES string of the molecule is C=CC(=O)CC(=O)C=Cc1ccc(O)c(O)c1. The first-order chi connectivity index (χ1) is 8.02. The molecule has 88 valence electrons. The third-order valence-corrected chi connectivity index (χ3v) is 2.04. The number of ketones is 2. The fourth-order valence-corrected chi connectivity index (χ4v) is 1.14. The average molecular weight is 232 g/mol. The molecule has 1 aromatic carbocycles. The molecule has 0 radical (unpaired) electrons. The highest BCUT2D eigenvalue weighted by Crippen LogP contribution is 2.25. The first kappa shape index (κ1) is 12.7. The minimum Gasteiger partial charge on any atom is -0.504 e. The van der Waals surface area contributed by atoms with Gasteiger partial charge < -0.3 is 10.2 Å². The number of aromatic hydroxyl groups is 2. The van der Waals surface area contributed by atoms with Crippen molar-refractivity contribution < 1.29 is 19.8 Å². The lowest BCUT2D eigenvalue weighted by atomic mass is 10.1. The van der Waals surface area contributed by atoms with Crippen molar-refractivity contribution in [1.29, 1.82) is 0 Å². The normalized spacial score (nSPS) is 10.4. The van der Waals surface area contributed by atoms with Gasteiger partial charge in [0.05, 0.1) is 6.42 Å². The van der Waals surface area contributed by atoms with Crippen LogP contribution in [0.2, 0.25) is 0 Å². The minimum absolute atomic E-state index is 0.218. The van der Waals surface area contributed by atoms with E-state index in [0.29, 0.717) is 5.56 Å². The molecule has 0 aliphatic heterocycles. The zero-order valence-corrected chi connectivity index (χ0v) is 9.09. The number of hydrogen-bond acceptors (Lipinski definition) is 4. The van der Waals surface area contributed by atoms with Crippen molar-refractivity contribution in [3.05, 3.63) is 42.5 Å². The molecule has 0 saturated heterocycles. The van der Waals surface area contributed by atoms with Crippen LogP contribution in [0.5, 0.6) is 11.5 Å². The first-order valence-corrected chi connectivity index (χ1v) is 4.91. The third kappa shape index (κ3) is 3.95. The average Bonchev–Trinajstić information content (AvgIpc) is 2.30. The summed E-state index contributed by atoms with van der Waals surface area (Å²) in [6.45, 7) is 3.27. The van der Waals surface area contributed by atoms with Crippen molar-refractivity contribution in [2.24, 2.45) is 0 Å². The summed E-state index contributed by atoms with van der Waals surface area (Å²) in [5.41, 5.74) is 0.555. The van der Waals surface area contributed by atoms with Crippen molar-refractivity contribution in [3.8, 4) is 11.5 Å². The van der Waals surface area contributed by atoms with E-state index in [9.17, 15) is 14.7 Å². The minimum atomic E-state index is -0.345. The van der Waals surface area contributed by atoms with E-state index < -0.39 is 0 Å². The number of rotatable bonds is 5. The van der Waals surface area contributed by atoms with Gasteiger partial charge in [0, 0.05) is 0 Å². The van der Waals surface area contributed by atoms with Crippen LogP contribution < -0.4 is 0 Å². The van der Waals surface area contributed by atoms with Gasteiger partial charge in [-0.3, -0.25) is 9.59 Å². The predicted molar refractivity (Wildman–Crippen MR) is 63.6 cm³/mol. The molecule has 0 heterocycles. The van der Waals surface area contributed by atoms with E-state index in [1.54, 1.807) is 0 Å². The Hall–Kier alpha value is -2.36. The van der Waals surface area contributed by atoms with Gasteiger partial charge in [-0.1, -0.05) is 18.7 Å². The van der Waals surface area contributed by atoms with E-state index in [1.165, 1.54) is 30.4 Å². The molecule has 4 nitrogen and oxygen atoms in total. The van der Waals surface area contributed by atoms with Gasteiger partial charge in [0.15, 0.2) is 23.1 Å². The summed E-state index contributed by atoms with van der Waals surface area (Å²) in [5.74, 6) is -1.17. The van der Waals surface area contributed by atoms with Crippen LogP contribution in [0, 0.1) is 0 Å². The number of phenolic OH excluding ortho intramolecular Hbond substituents is 2. The summed E-state index contributed by atoms with van der Waals surface area (Å²) in [7, 11) is 0. The third-order valence-electron chi connectivity index (χ3n) is 2.04. The number of allylic oxidation sites excluding steroid dienone is 2. The van der Waals surface area contributed by atoms with E-state index in [1.807, 2.05) is 0 Å². The van der Waals surface area contributed by atoms with Crippen molar-refractivity contribution in [2.75, 3.05) is 0 Å². The van der Waals surface area contributed by atoms with E-state index in [0.717, 1.165) is 6.08 Å². The molecule has 0 amide bonds. The summed E-state index contributed by atoms with van der Waals surface area (Å²) < 4.78 is 0. The standard InChI is InChI=1S/C13H12O4/c1-2-10(14)8-11(15)5-3-9-4-6-12(16)13(17)7-9/h2-7,16-17H,1,8H2. The van der Waals surface area contributed by atoms with Crippen LogP contribution in [0.1, 0.15) is 12.0 Å². The molecule has 0 bridgehead atoms. The van der Waals surface area contributed by atoms with E-state index >= 15 is 0 Å². The van der Waals surface area contributed by atoms with Crippen LogP contribution >= 0.6 is 0 Å². The quantitative estimate of drug-likeness (QED) is 0.461. The van der Waals surface area contributed by atoms with Crippen LogP contribution in [0.25, 0.3) is 6.08 Å². The Labute approximate surface area is 98.5 Å². The first-order valence-electron chi connectivity index (χ1n) is 4.91. The Morgan fingerprint density at radius 3 is 2.47 bits per heavy atom. The number of benzene rings is 1. The summed E-state index contributed by atoms with van der Waals surface area (Å²) in [6, 6.07) is 4.16. The van der Waals surface area contributed by atoms with Crippen LogP contribution in [-0.2, 0) is 9.59 Å². The molecule has 1 aromatic rings. The summed E-state index contributed by atoms with van der Waals surface area (Å²) in [6.07, 6.45) is 3.58. The zero-order chi connectivity index (χ0) is 12.8. The van der Waals surface area contributed by atoms with Gasteiger partial charge in [-0.25, -0.2) is 0 Å². The Morgan fingerprint density at radius 2 is 1.88 bits per heavy atom. The van der Waals surface area contributed by atoms with Gasteiger partial charge in [0.25, 0.3) is 0 Å². The number of phenols is 2. The molecule has 4 heteroatoms. The lowest BCUT2D eigenvalue weighted by Crippen LogP contribution is -2.01. The maximum Gasteiger partial charge on any atom is 0.163 e. The molecule has 17 heavy (non-hydrogen) atoms. The molecule has 0 aliphatic carbocycles. The van der Waals surface area contributed by atoms with Gasteiger partial charge >= 0.3 is 0 Å². The molecule has 0 spiro atoms. The topological polar surface area (TPSA) is 74.6 Å². The summed E-state index contributed by atoms with van der Waals surface area (Å²) >= 11 is 0. The van der Waals surface area contributed by atoms with Gasteiger partial charge in [-0.2, -0.15) is 0 Å². The maximum atomic E-state index is 11.3. The molecule has 0 atom stereocenters. The van der Waals surface area contributed by atoms with E-state index in [-0.39, 0.29) is 29.5 Å². The fraction of sp³-hybridized carbons (Fsp3) is 0.0769. The molecule has 0 fully saturated rings. The second-order valence-electron chi connectivity index (χ2n) is 3.40. The number of carbonyl (C=O) groups is 2. The highest BCUT2D eigenvalue weighted by Gasteiger charge is 2.03. The highest BCUT2D eigenvalue weighted by atomic mass is 16.3. The van der Waals surface area contributed by atoms with Gasteiger partial charge in [-0.05, 0) is 29.8 Å². The Morgan fingerprint density at radius 1 is 1.18 bits per heavy atom. The molecule has 1 rings (SSSR count). The molecule has 0 aliphatic rings. The lowest BCUT2D eigenvalue weighted by Gasteiger charge is -1.98. The molecular formula is C13H12O4. The second kappa shape index (κ2) is 5.65. The smallest absolute Gasteiger partial charge is 0.163 e. The second-order valence-corrected chi connectivity index (χ2v) is 3.40. The van der Waals surface area contributed by atoms with E-state index in [4.69, 9.17) is 5.11 Å². The van der Waals surface area contributed by atoms with Crippen molar-refractivity contribution in [2.45, 2.75) is 6.42 Å². The van der Waals surface area contributed by atoms with Crippen LogP contribution in [0.4, 0.5) is 0 Å². The Kier molecular flexibility index (Phi) is 4.22. The van der Waals surface area contributed by atoms with Crippen LogP contribution in [0.3, 0.4) is 0 Å². The molecular weight excluding hydrogens is 220 g/mol. The predicted octanol–water partition coefficient (Wildman–Crippen LogP) is 1.83. The number of hydrogen-bond donors (Lipinski definition) is 2. The monoisotopic (exact) mass is 232 g/mol. The molecule has 2 N–H and O–H groups in total. The summed E-state index contributed by atoms with van der Waals surface area (Å²) in [4.78, 5) is 22.2. The zero-order valence-electron chi connectivity index (χ0n) is 9.09. The molecule has 0 saturated carbocycles. The van der Waals surface area contributed by atoms with Crippen LogP contribution in [0.15, 0.2) is 36.9 Å². The summed E-state index contributed by atoms with van der Waals surface area (Å²) in [5, 5.41) is 18.3. The van der Waals surface area contributed by atoms with Gasteiger partial charge in [0.2, 0.25) is 0 Å². The van der Waals surface area contributed by atoms with Crippen molar-refractivity contribution >= 4 is 17.6 Å². The van der Waals surface area contributed by atoms with Gasteiger partial charge in [0.1, 0.15) is 0 Å². The van der Waals surface area contributed by atoms with Crippen LogP contribution in [-0.4, -0.2) is 21.8 Å². The van der Waals surface area contributed by atoms with Crippen molar-refractivity contribution in [1.82, 2.24) is 0 Å². The lowest BCUT2D eigenvalue weighted by molar-refractivity contribution is -0.121. The molecule has 0 aromatic heterocycles. The van der Waals surface area contributed by atoms with Gasteiger partial charge in [-0.15, -0.1) is 0 Å². The maximum absolute atomic E-state index is 11.3. The Balaban J connectivity index is 2.70. The Bertz CT molecular complexity index is 486. The largest absolute Gasteiger partial charge is 0.504 e. The fourth-order valence-electron chi connectivity index (χ4n) is 1.14. The molecule has 0 unspecified atom stereocenters. The number of carbonyl (C=O) groups excluding carboxylic acids is 2. The van der Waals surface area contributed by atoms with Crippen molar-refractivity contribution in [3.63, 3.8) is 0 Å². The highest BCUT2D eigenvalue weighted by molar-refractivity contribution is 6.09. The van der Waals surface area contributed by atoms with E-state index in [2.05, 4.69) is 6.58 Å².